The van der Waals surface area contributed by atoms with Crippen LogP contribution in [0.2, 0.25) is 0 Å². The van der Waals surface area contributed by atoms with Gasteiger partial charge in [0.15, 0.2) is 0 Å². The number of aliphatic hydroxyl groups is 1. The van der Waals surface area contributed by atoms with E-state index < -0.39 is 0 Å². The molecule has 0 aliphatic carbocycles. The zero-order valence-corrected chi connectivity index (χ0v) is 13.4. The molecule has 0 aliphatic rings. The Balaban J connectivity index is 2.28. The molecule has 0 saturated heterocycles. The first-order valence-electron chi connectivity index (χ1n) is 8.23. The molecular formula is C21H26O. The largest absolute Gasteiger partial charge is 0.396 e. The molecule has 1 N–H and O–H groups in total. The predicted molar refractivity (Wildman–Crippen MR) is 94.0 cm³/mol. The molecule has 1 heteroatoms. The van der Waals surface area contributed by atoms with Crippen molar-refractivity contribution in [3.8, 4) is 0 Å². The first-order valence-corrected chi connectivity index (χ1v) is 8.23. The van der Waals surface area contributed by atoms with Crippen LogP contribution in [-0.2, 0) is 0 Å². The Morgan fingerprint density at radius 1 is 0.955 bits per heavy atom. The van der Waals surface area contributed by atoms with Gasteiger partial charge in [-0.3, -0.25) is 0 Å². The van der Waals surface area contributed by atoms with Gasteiger partial charge in [-0.15, -0.1) is 0 Å². The van der Waals surface area contributed by atoms with Crippen molar-refractivity contribution in [1.29, 1.82) is 0 Å². The maximum absolute atomic E-state index is 9.11. The summed E-state index contributed by atoms with van der Waals surface area (Å²) in [5, 5.41) is 9.11. The fourth-order valence-electron chi connectivity index (χ4n) is 2.94. The topological polar surface area (TPSA) is 20.2 Å². The van der Waals surface area contributed by atoms with Gasteiger partial charge in [0.05, 0.1) is 0 Å². The van der Waals surface area contributed by atoms with E-state index in [0.29, 0.717) is 5.92 Å². The Kier molecular flexibility index (Phi) is 6.92. The summed E-state index contributed by atoms with van der Waals surface area (Å²) in [7, 11) is 0. The van der Waals surface area contributed by atoms with Gasteiger partial charge in [0.25, 0.3) is 0 Å². The zero-order chi connectivity index (χ0) is 15.6. The Hall–Kier alpha value is -1.86. The summed E-state index contributed by atoms with van der Waals surface area (Å²) in [5.74, 6) is 0.388. The highest BCUT2D eigenvalue weighted by Crippen LogP contribution is 2.32. The summed E-state index contributed by atoms with van der Waals surface area (Å²) in [5.41, 5.74) is 4.17. The normalized spacial score (nSPS) is 11.9. The second-order valence-electron chi connectivity index (χ2n) is 5.70. The lowest BCUT2D eigenvalue weighted by Gasteiger charge is -2.20. The van der Waals surface area contributed by atoms with E-state index in [-0.39, 0.29) is 6.61 Å². The lowest BCUT2D eigenvalue weighted by molar-refractivity contribution is 0.302. The molecule has 2 rings (SSSR count). The van der Waals surface area contributed by atoms with E-state index in [9.17, 15) is 0 Å². The van der Waals surface area contributed by atoms with Crippen molar-refractivity contribution < 1.29 is 5.11 Å². The third-order valence-corrected chi connectivity index (χ3v) is 4.00. The van der Waals surface area contributed by atoms with Crippen LogP contribution in [0, 0.1) is 0 Å². The van der Waals surface area contributed by atoms with E-state index >= 15 is 0 Å². The van der Waals surface area contributed by atoms with Crippen LogP contribution in [0.1, 0.15) is 49.7 Å². The number of rotatable bonds is 8. The minimum atomic E-state index is 0.231. The van der Waals surface area contributed by atoms with E-state index in [1.54, 1.807) is 0 Å². The predicted octanol–water partition coefficient (Wildman–Crippen LogP) is 5.32. The highest BCUT2D eigenvalue weighted by atomic mass is 16.2. The van der Waals surface area contributed by atoms with Crippen LogP contribution in [0.25, 0.3) is 0 Å². The van der Waals surface area contributed by atoms with Crippen LogP contribution in [0.15, 0.2) is 72.3 Å². The fraction of sp³-hybridized carbons (Fsp3) is 0.333. The van der Waals surface area contributed by atoms with Gasteiger partial charge in [-0.2, -0.15) is 0 Å². The molecule has 0 atom stereocenters. The lowest BCUT2D eigenvalue weighted by atomic mass is 9.84. The van der Waals surface area contributed by atoms with Gasteiger partial charge in [0.1, 0.15) is 0 Å². The second-order valence-corrected chi connectivity index (χ2v) is 5.70. The van der Waals surface area contributed by atoms with Crippen molar-refractivity contribution in [2.24, 2.45) is 0 Å². The van der Waals surface area contributed by atoms with Gasteiger partial charge in [0.2, 0.25) is 0 Å². The van der Waals surface area contributed by atoms with E-state index in [0.717, 1.165) is 25.7 Å². The Bertz CT molecular complexity index is 517. The van der Waals surface area contributed by atoms with Crippen LogP contribution >= 0.6 is 0 Å². The van der Waals surface area contributed by atoms with Crippen molar-refractivity contribution in [2.75, 3.05) is 6.61 Å². The molecule has 22 heavy (non-hydrogen) atoms. The van der Waals surface area contributed by atoms with Crippen LogP contribution in [0.4, 0.5) is 0 Å². The summed E-state index contributed by atoms with van der Waals surface area (Å²) in [4.78, 5) is 0. The quantitative estimate of drug-likeness (QED) is 0.653. The van der Waals surface area contributed by atoms with Gasteiger partial charge in [-0.25, -0.2) is 0 Å². The molecule has 0 bridgehead atoms. The fourth-order valence-corrected chi connectivity index (χ4v) is 2.94. The number of benzene rings is 2. The smallest absolute Gasteiger partial charge is 0.0465 e. The van der Waals surface area contributed by atoms with Crippen LogP contribution in [-0.4, -0.2) is 11.7 Å². The van der Waals surface area contributed by atoms with Crippen LogP contribution in [0.3, 0.4) is 0 Å². The van der Waals surface area contributed by atoms with E-state index in [2.05, 4.69) is 73.7 Å². The minimum absolute atomic E-state index is 0.231. The molecule has 0 heterocycles. The van der Waals surface area contributed by atoms with E-state index in [1.807, 2.05) is 0 Å². The molecule has 0 spiro atoms. The third-order valence-electron chi connectivity index (χ3n) is 4.00. The number of allylic oxidation sites excluding steroid dienone is 1. The van der Waals surface area contributed by atoms with Crippen molar-refractivity contribution in [1.82, 2.24) is 0 Å². The van der Waals surface area contributed by atoms with Crippen molar-refractivity contribution in [3.63, 3.8) is 0 Å². The number of hydrogen-bond donors (Lipinski definition) is 1. The zero-order valence-electron chi connectivity index (χ0n) is 13.4. The monoisotopic (exact) mass is 294 g/mol. The van der Waals surface area contributed by atoms with Gasteiger partial charge < -0.3 is 5.11 Å². The molecule has 2 aromatic rings. The highest BCUT2D eigenvalue weighted by Gasteiger charge is 2.15. The first-order chi connectivity index (χ1) is 10.8. The average molecular weight is 294 g/mol. The molecule has 0 aromatic heterocycles. The first kappa shape index (κ1) is 16.5. The molecule has 116 valence electrons. The van der Waals surface area contributed by atoms with Crippen molar-refractivity contribution >= 4 is 0 Å². The molecule has 1 nitrogen and oxygen atoms in total. The summed E-state index contributed by atoms with van der Waals surface area (Å²) >= 11 is 0. The Morgan fingerprint density at radius 3 is 1.95 bits per heavy atom. The molecule has 0 radical (unpaired) electrons. The molecular weight excluding hydrogens is 268 g/mol. The third kappa shape index (κ3) is 4.85. The van der Waals surface area contributed by atoms with E-state index in [1.165, 1.54) is 16.7 Å². The van der Waals surface area contributed by atoms with Crippen molar-refractivity contribution in [3.05, 3.63) is 83.4 Å². The second kappa shape index (κ2) is 9.22. The molecule has 0 amide bonds. The lowest BCUT2D eigenvalue weighted by Crippen LogP contribution is -2.03. The van der Waals surface area contributed by atoms with Gasteiger partial charge in [-0.1, -0.05) is 85.7 Å². The van der Waals surface area contributed by atoms with Gasteiger partial charge in [-0.05, 0) is 30.4 Å². The number of hydrogen-bond acceptors (Lipinski definition) is 1. The maximum atomic E-state index is 9.11. The summed E-state index contributed by atoms with van der Waals surface area (Å²) < 4.78 is 0. The highest BCUT2D eigenvalue weighted by molar-refractivity contribution is 5.34. The molecule has 0 saturated carbocycles. The summed E-state index contributed by atoms with van der Waals surface area (Å²) in [6, 6.07) is 21.5. The minimum Gasteiger partial charge on any atom is -0.396 e. The Labute approximate surface area is 134 Å². The van der Waals surface area contributed by atoms with Crippen molar-refractivity contribution in [2.45, 2.75) is 38.5 Å². The standard InChI is InChI=1S/C21H26O/c1-2-10-18(11-9-16-22)17-21(19-12-5-3-6-13-19)20-14-7-4-8-15-20/h3-8,11-15,21-22H,2,9-10,16-17H2,1H3. The van der Waals surface area contributed by atoms with Gasteiger partial charge >= 0.3 is 0 Å². The number of aliphatic hydroxyl groups excluding tert-OH is 1. The summed E-state index contributed by atoms with van der Waals surface area (Å²) in [6.07, 6.45) is 6.26. The van der Waals surface area contributed by atoms with Crippen LogP contribution < -0.4 is 0 Å². The maximum Gasteiger partial charge on any atom is 0.0465 e. The molecule has 2 aromatic carbocycles. The average Bonchev–Trinajstić information content (AvgIpc) is 2.59. The van der Waals surface area contributed by atoms with E-state index in [4.69, 9.17) is 5.11 Å². The summed E-state index contributed by atoms with van der Waals surface area (Å²) in [6.45, 7) is 2.45. The molecule has 0 unspecified atom stereocenters. The molecule has 0 fully saturated rings. The molecule has 0 aliphatic heterocycles. The van der Waals surface area contributed by atoms with Gasteiger partial charge in [0, 0.05) is 12.5 Å². The van der Waals surface area contributed by atoms with Crippen LogP contribution in [0.5, 0.6) is 0 Å². The Morgan fingerprint density at radius 2 is 1.50 bits per heavy atom. The SMILES string of the molecule is CCCC(=CCCO)CC(c1ccccc1)c1ccccc1.